The van der Waals surface area contributed by atoms with Crippen molar-refractivity contribution < 1.29 is 5.11 Å². The first-order valence-corrected chi connectivity index (χ1v) is 8.15. The zero-order valence-corrected chi connectivity index (χ0v) is 13.1. The lowest BCUT2D eigenvalue weighted by molar-refractivity contribution is 0.119. The van der Waals surface area contributed by atoms with E-state index in [-0.39, 0.29) is 17.6 Å². The maximum atomic E-state index is 10.1. The Labute approximate surface area is 120 Å². The second kappa shape index (κ2) is 6.33. The van der Waals surface area contributed by atoms with Gasteiger partial charge in [0, 0.05) is 29.1 Å². The Balaban J connectivity index is 1.89. The van der Waals surface area contributed by atoms with Crippen LogP contribution in [0.3, 0.4) is 0 Å². The smallest absolute Gasteiger partial charge is 0.0981 e. The number of aliphatic hydroxyl groups is 1. The van der Waals surface area contributed by atoms with Gasteiger partial charge in [0.25, 0.3) is 0 Å². The van der Waals surface area contributed by atoms with Gasteiger partial charge in [-0.15, -0.1) is 11.3 Å². The van der Waals surface area contributed by atoms with Crippen LogP contribution in [0.5, 0.6) is 0 Å². The van der Waals surface area contributed by atoms with Gasteiger partial charge in [-0.2, -0.15) is 0 Å². The molecule has 108 valence electrons. The predicted octanol–water partition coefficient (Wildman–Crippen LogP) is 3.22. The molecule has 2 rings (SSSR count). The normalized spacial score (nSPS) is 25.3. The highest BCUT2D eigenvalue weighted by molar-refractivity contribution is 7.11. The SMILES string of the molecule is CC(C)(C)c1ncc(CNC2CCCCCC2O)s1. The van der Waals surface area contributed by atoms with Crippen molar-refractivity contribution >= 4 is 11.3 Å². The van der Waals surface area contributed by atoms with E-state index in [1.807, 2.05) is 6.20 Å². The van der Waals surface area contributed by atoms with Crippen LogP contribution in [0.2, 0.25) is 0 Å². The molecular formula is C15H26N2OS. The molecule has 3 nitrogen and oxygen atoms in total. The number of nitrogens with one attached hydrogen (secondary N) is 1. The van der Waals surface area contributed by atoms with Gasteiger partial charge in [-0.25, -0.2) is 4.98 Å². The van der Waals surface area contributed by atoms with Crippen molar-refractivity contribution in [3.05, 3.63) is 16.1 Å². The summed E-state index contributed by atoms with van der Waals surface area (Å²) in [7, 11) is 0. The van der Waals surface area contributed by atoms with Gasteiger partial charge in [-0.1, -0.05) is 40.0 Å². The molecule has 1 aromatic rings. The number of hydrogen-bond donors (Lipinski definition) is 2. The summed E-state index contributed by atoms with van der Waals surface area (Å²) in [5, 5.41) is 14.8. The molecule has 0 radical (unpaired) electrons. The van der Waals surface area contributed by atoms with Crippen LogP contribution in [0.4, 0.5) is 0 Å². The minimum absolute atomic E-state index is 0.130. The maximum Gasteiger partial charge on any atom is 0.0981 e. The van der Waals surface area contributed by atoms with Crippen molar-refractivity contribution in [1.82, 2.24) is 10.3 Å². The standard InChI is InChI=1S/C15H26N2OS/c1-15(2,3)14-17-10-11(19-14)9-16-12-7-5-4-6-8-13(12)18/h10,12-13,16,18H,4-9H2,1-3H3. The van der Waals surface area contributed by atoms with Crippen molar-refractivity contribution in [3.63, 3.8) is 0 Å². The summed E-state index contributed by atoms with van der Waals surface area (Å²) in [6, 6.07) is 0.252. The monoisotopic (exact) mass is 282 g/mol. The van der Waals surface area contributed by atoms with Crippen LogP contribution < -0.4 is 5.32 Å². The molecule has 4 heteroatoms. The lowest BCUT2D eigenvalue weighted by Gasteiger charge is -2.21. The molecule has 0 saturated heterocycles. The van der Waals surface area contributed by atoms with Crippen LogP contribution in [-0.4, -0.2) is 22.2 Å². The molecule has 1 aliphatic carbocycles. The summed E-state index contributed by atoms with van der Waals surface area (Å²) < 4.78 is 0. The maximum absolute atomic E-state index is 10.1. The quantitative estimate of drug-likeness (QED) is 0.837. The Morgan fingerprint density at radius 1 is 1.32 bits per heavy atom. The first kappa shape index (κ1) is 14.9. The van der Waals surface area contributed by atoms with Crippen molar-refractivity contribution in [1.29, 1.82) is 0 Å². The van der Waals surface area contributed by atoms with Crippen LogP contribution >= 0.6 is 11.3 Å². The van der Waals surface area contributed by atoms with E-state index in [9.17, 15) is 5.11 Å². The first-order chi connectivity index (χ1) is 8.97. The van der Waals surface area contributed by atoms with Gasteiger partial charge in [-0.05, 0) is 12.8 Å². The summed E-state index contributed by atoms with van der Waals surface area (Å²) in [4.78, 5) is 5.77. The third-order valence-corrected chi connectivity index (χ3v) is 5.14. The average Bonchev–Trinajstić information content (AvgIpc) is 2.72. The Bertz CT molecular complexity index is 397. The predicted molar refractivity (Wildman–Crippen MR) is 80.5 cm³/mol. The number of thiazole rings is 1. The van der Waals surface area contributed by atoms with E-state index in [0.29, 0.717) is 0 Å². The van der Waals surface area contributed by atoms with E-state index in [1.54, 1.807) is 11.3 Å². The zero-order chi connectivity index (χ0) is 13.9. The molecular weight excluding hydrogens is 256 g/mol. The molecule has 1 heterocycles. The number of aromatic nitrogens is 1. The second-order valence-electron chi connectivity index (χ2n) is 6.57. The molecule has 0 amide bonds. The summed E-state index contributed by atoms with van der Waals surface area (Å²) in [5.74, 6) is 0. The van der Waals surface area contributed by atoms with Crippen molar-refractivity contribution in [3.8, 4) is 0 Å². The van der Waals surface area contributed by atoms with E-state index in [0.717, 1.165) is 25.8 Å². The zero-order valence-electron chi connectivity index (χ0n) is 12.3. The molecule has 1 saturated carbocycles. The van der Waals surface area contributed by atoms with Gasteiger partial charge in [-0.3, -0.25) is 0 Å². The molecule has 0 spiro atoms. The van der Waals surface area contributed by atoms with E-state index < -0.39 is 0 Å². The summed E-state index contributed by atoms with van der Waals surface area (Å²) >= 11 is 1.78. The van der Waals surface area contributed by atoms with Gasteiger partial charge in [0.15, 0.2) is 0 Å². The molecule has 0 aromatic carbocycles. The van der Waals surface area contributed by atoms with Crippen molar-refractivity contribution in [2.24, 2.45) is 0 Å². The molecule has 1 aliphatic rings. The fraction of sp³-hybridized carbons (Fsp3) is 0.800. The lowest BCUT2D eigenvalue weighted by atomic mass is 9.98. The minimum atomic E-state index is -0.183. The minimum Gasteiger partial charge on any atom is -0.392 e. The number of aliphatic hydroxyl groups excluding tert-OH is 1. The van der Waals surface area contributed by atoms with Crippen molar-refractivity contribution in [2.75, 3.05) is 0 Å². The van der Waals surface area contributed by atoms with Crippen LogP contribution in [0.15, 0.2) is 6.20 Å². The van der Waals surface area contributed by atoms with Gasteiger partial charge in [0.05, 0.1) is 11.1 Å². The summed E-state index contributed by atoms with van der Waals surface area (Å²) in [5.41, 5.74) is 0.130. The summed E-state index contributed by atoms with van der Waals surface area (Å²) in [6.07, 6.45) is 7.46. The Kier molecular flexibility index (Phi) is 4.98. The average molecular weight is 282 g/mol. The molecule has 2 N–H and O–H groups in total. The molecule has 1 aromatic heterocycles. The van der Waals surface area contributed by atoms with Crippen molar-refractivity contribution in [2.45, 2.75) is 77.0 Å². The number of hydrogen-bond acceptors (Lipinski definition) is 4. The summed E-state index contributed by atoms with van der Waals surface area (Å²) in [6.45, 7) is 7.41. The first-order valence-electron chi connectivity index (χ1n) is 7.33. The van der Waals surface area contributed by atoms with Crippen LogP contribution in [0.25, 0.3) is 0 Å². The largest absolute Gasteiger partial charge is 0.392 e. The second-order valence-corrected chi connectivity index (χ2v) is 7.69. The fourth-order valence-electron chi connectivity index (χ4n) is 2.49. The Hall–Kier alpha value is -0.450. The Morgan fingerprint density at radius 3 is 2.74 bits per heavy atom. The molecule has 0 bridgehead atoms. The van der Waals surface area contributed by atoms with Crippen LogP contribution in [0.1, 0.15) is 62.8 Å². The van der Waals surface area contributed by atoms with Gasteiger partial charge >= 0.3 is 0 Å². The molecule has 19 heavy (non-hydrogen) atoms. The Morgan fingerprint density at radius 2 is 2.05 bits per heavy atom. The molecule has 2 unspecified atom stereocenters. The van der Waals surface area contributed by atoms with Crippen LogP contribution in [-0.2, 0) is 12.0 Å². The fourth-order valence-corrected chi connectivity index (χ4v) is 3.41. The molecule has 0 aliphatic heterocycles. The highest BCUT2D eigenvalue weighted by Gasteiger charge is 2.22. The van der Waals surface area contributed by atoms with E-state index in [4.69, 9.17) is 0 Å². The number of nitrogens with zero attached hydrogens (tertiary/aromatic N) is 1. The van der Waals surface area contributed by atoms with E-state index >= 15 is 0 Å². The highest BCUT2D eigenvalue weighted by Crippen LogP contribution is 2.27. The highest BCUT2D eigenvalue weighted by atomic mass is 32.1. The number of rotatable bonds is 3. The third-order valence-electron chi connectivity index (χ3n) is 3.71. The van der Waals surface area contributed by atoms with Gasteiger partial charge in [0.2, 0.25) is 0 Å². The van der Waals surface area contributed by atoms with Gasteiger partial charge < -0.3 is 10.4 Å². The topological polar surface area (TPSA) is 45.2 Å². The molecule has 1 fully saturated rings. The molecule has 2 atom stereocenters. The third kappa shape index (κ3) is 4.26. The van der Waals surface area contributed by atoms with E-state index in [1.165, 1.54) is 22.7 Å². The van der Waals surface area contributed by atoms with E-state index in [2.05, 4.69) is 31.1 Å². The van der Waals surface area contributed by atoms with Gasteiger partial charge in [0.1, 0.15) is 0 Å². The lowest BCUT2D eigenvalue weighted by Crippen LogP contribution is -2.38. The van der Waals surface area contributed by atoms with Crippen LogP contribution in [0, 0.1) is 0 Å².